The van der Waals surface area contributed by atoms with Gasteiger partial charge in [0.15, 0.2) is 0 Å². The Labute approximate surface area is 172 Å². The second-order valence-corrected chi connectivity index (χ2v) is 10.7. The van der Waals surface area contributed by atoms with Crippen LogP contribution in [-0.2, 0) is 19.7 Å². The minimum Gasteiger partial charge on any atom is -0.384 e. The molecule has 3 rings (SSSR count). The van der Waals surface area contributed by atoms with Gasteiger partial charge in [0.2, 0.25) is 19.7 Å². The van der Waals surface area contributed by atoms with E-state index in [0.29, 0.717) is 12.2 Å². The smallest absolute Gasteiger partial charge is 0.208 e. The van der Waals surface area contributed by atoms with Crippen LogP contribution in [0.3, 0.4) is 0 Å². The zero-order valence-electron chi connectivity index (χ0n) is 16.5. The normalized spacial score (nSPS) is 12.0. The van der Waals surface area contributed by atoms with Gasteiger partial charge in [-0.15, -0.1) is 0 Å². The predicted octanol–water partition coefficient (Wildman–Crippen LogP) is 4.40. The molecule has 3 aromatic rings. The summed E-state index contributed by atoms with van der Waals surface area (Å²) in [6.45, 7) is 6.09. The Kier molecular flexibility index (Phi) is 5.82. The van der Waals surface area contributed by atoms with Crippen LogP contribution >= 0.6 is 0 Å². The lowest BCUT2D eigenvalue weighted by atomic mass is 10.2. The molecular weight excluding hydrogens is 406 g/mol. The van der Waals surface area contributed by atoms with Crippen molar-refractivity contribution < 1.29 is 16.8 Å². The monoisotopic (exact) mass is 429 g/mol. The highest BCUT2D eigenvalue weighted by Crippen LogP contribution is 2.32. The maximum Gasteiger partial charge on any atom is 0.208 e. The number of aryl methyl sites for hydroxylation is 2. The van der Waals surface area contributed by atoms with E-state index in [1.54, 1.807) is 24.3 Å². The molecule has 7 heteroatoms. The Morgan fingerprint density at radius 3 is 1.59 bits per heavy atom. The first-order valence-corrected chi connectivity index (χ1v) is 12.1. The van der Waals surface area contributed by atoms with Gasteiger partial charge < -0.3 is 5.32 Å². The lowest BCUT2D eigenvalue weighted by Gasteiger charge is -2.14. The van der Waals surface area contributed by atoms with E-state index in [0.717, 1.165) is 11.1 Å². The fourth-order valence-electron chi connectivity index (χ4n) is 2.93. The van der Waals surface area contributed by atoms with Gasteiger partial charge in [0.05, 0.1) is 25.3 Å². The molecule has 1 N–H and O–H groups in total. The Morgan fingerprint density at radius 2 is 1.10 bits per heavy atom. The molecule has 152 valence electrons. The van der Waals surface area contributed by atoms with Crippen LogP contribution in [0, 0.1) is 13.8 Å². The van der Waals surface area contributed by atoms with Gasteiger partial charge in [-0.3, -0.25) is 0 Å². The molecular formula is C22H23NO4S2. The highest BCUT2D eigenvalue weighted by Gasteiger charge is 2.26. The van der Waals surface area contributed by atoms with Crippen molar-refractivity contribution in [2.75, 3.05) is 11.9 Å². The first kappa shape index (κ1) is 21.1. The van der Waals surface area contributed by atoms with E-state index in [1.165, 1.54) is 42.5 Å². The van der Waals surface area contributed by atoms with Crippen molar-refractivity contribution in [2.45, 2.75) is 40.4 Å². The van der Waals surface area contributed by atoms with Gasteiger partial charge >= 0.3 is 0 Å². The number of sulfone groups is 2. The average Bonchev–Trinajstić information content (AvgIpc) is 2.69. The molecule has 0 aromatic heterocycles. The summed E-state index contributed by atoms with van der Waals surface area (Å²) in [4.78, 5) is 0.121. The average molecular weight is 430 g/mol. The SMILES string of the molecule is CCNc1ccc(S(=O)(=O)c2ccc(C)cc2)cc1S(=O)(=O)c1ccc(C)cc1. The molecule has 0 aliphatic heterocycles. The van der Waals surface area contributed by atoms with Gasteiger partial charge in [0, 0.05) is 6.54 Å². The maximum atomic E-state index is 13.3. The molecule has 5 nitrogen and oxygen atoms in total. The van der Waals surface area contributed by atoms with E-state index < -0.39 is 19.7 Å². The molecule has 0 aliphatic rings. The minimum absolute atomic E-state index is 0.0589. The molecule has 3 aromatic carbocycles. The van der Waals surface area contributed by atoms with E-state index in [4.69, 9.17) is 0 Å². The molecule has 0 aliphatic carbocycles. The third-order valence-electron chi connectivity index (χ3n) is 4.58. The fraction of sp³-hybridized carbons (Fsp3) is 0.182. The molecule has 0 saturated carbocycles. The Morgan fingerprint density at radius 1 is 0.655 bits per heavy atom. The van der Waals surface area contributed by atoms with Crippen molar-refractivity contribution in [1.29, 1.82) is 0 Å². The summed E-state index contributed by atoms with van der Waals surface area (Å²) in [6, 6.07) is 17.1. The van der Waals surface area contributed by atoms with Crippen LogP contribution in [0.15, 0.2) is 86.3 Å². The van der Waals surface area contributed by atoms with Crippen molar-refractivity contribution in [3.05, 3.63) is 77.9 Å². The number of benzene rings is 3. The van der Waals surface area contributed by atoms with Crippen LogP contribution in [0.25, 0.3) is 0 Å². The summed E-state index contributed by atoms with van der Waals surface area (Å²) >= 11 is 0. The number of hydrogen-bond acceptors (Lipinski definition) is 5. The van der Waals surface area contributed by atoms with Gasteiger partial charge in [-0.1, -0.05) is 35.4 Å². The number of hydrogen-bond donors (Lipinski definition) is 1. The molecule has 0 atom stereocenters. The van der Waals surface area contributed by atoms with Gasteiger partial charge in [0.25, 0.3) is 0 Å². The van der Waals surface area contributed by atoms with E-state index >= 15 is 0 Å². The molecule has 0 saturated heterocycles. The molecule has 0 unspecified atom stereocenters. The van der Waals surface area contributed by atoms with Crippen LogP contribution in [0.1, 0.15) is 18.1 Å². The van der Waals surface area contributed by atoms with Crippen LogP contribution in [-0.4, -0.2) is 23.4 Å². The number of anilines is 1. The molecule has 29 heavy (non-hydrogen) atoms. The number of nitrogens with one attached hydrogen (secondary N) is 1. The summed E-state index contributed by atoms with van der Waals surface area (Å²) < 4.78 is 52.7. The standard InChI is InChI=1S/C22H23NO4S2/c1-4-23-21-14-13-20(28(24,25)18-9-5-16(2)6-10-18)15-22(21)29(26,27)19-11-7-17(3)8-12-19/h5-15,23H,4H2,1-3H3. The van der Waals surface area contributed by atoms with Gasteiger partial charge in [-0.05, 0) is 63.2 Å². The lowest BCUT2D eigenvalue weighted by molar-refractivity contribution is 0.594. The molecule has 0 spiro atoms. The van der Waals surface area contributed by atoms with E-state index in [2.05, 4.69) is 5.32 Å². The quantitative estimate of drug-likeness (QED) is 0.628. The second kappa shape index (κ2) is 8.00. The topological polar surface area (TPSA) is 80.3 Å². The molecule has 0 bridgehead atoms. The summed E-state index contributed by atoms with van der Waals surface area (Å²) in [5.74, 6) is 0. The van der Waals surface area contributed by atoms with Crippen LogP contribution in [0.2, 0.25) is 0 Å². The van der Waals surface area contributed by atoms with Crippen molar-refractivity contribution >= 4 is 25.4 Å². The number of rotatable bonds is 6. The molecule has 0 heterocycles. The van der Waals surface area contributed by atoms with Crippen molar-refractivity contribution in [1.82, 2.24) is 0 Å². The predicted molar refractivity (Wildman–Crippen MR) is 114 cm³/mol. The maximum absolute atomic E-state index is 13.3. The summed E-state index contributed by atoms with van der Waals surface area (Å²) in [5.41, 5.74) is 2.25. The van der Waals surface area contributed by atoms with Crippen LogP contribution < -0.4 is 5.32 Å². The van der Waals surface area contributed by atoms with Gasteiger partial charge in [-0.2, -0.15) is 0 Å². The highest BCUT2D eigenvalue weighted by atomic mass is 32.2. The van der Waals surface area contributed by atoms with Gasteiger partial charge in [-0.25, -0.2) is 16.8 Å². The van der Waals surface area contributed by atoms with Gasteiger partial charge in [0.1, 0.15) is 0 Å². The van der Waals surface area contributed by atoms with E-state index in [1.807, 2.05) is 20.8 Å². The Balaban J connectivity index is 2.18. The van der Waals surface area contributed by atoms with Crippen molar-refractivity contribution in [3.63, 3.8) is 0 Å². The van der Waals surface area contributed by atoms with Crippen LogP contribution in [0.5, 0.6) is 0 Å². The zero-order valence-corrected chi connectivity index (χ0v) is 18.1. The van der Waals surface area contributed by atoms with E-state index in [9.17, 15) is 16.8 Å². The molecule has 0 amide bonds. The first-order chi connectivity index (χ1) is 13.7. The Bertz CT molecular complexity index is 1230. The van der Waals surface area contributed by atoms with Crippen LogP contribution in [0.4, 0.5) is 5.69 Å². The van der Waals surface area contributed by atoms with E-state index in [-0.39, 0.29) is 19.6 Å². The molecule has 0 radical (unpaired) electrons. The second-order valence-electron chi connectivity index (χ2n) is 6.82. The highest BCUT2D eigenvalue weighted by molar-refractivity contribution is 7.92. The first-order valence-electron chi connectivity index (χ1n) is 9.17. The lowest BCUT2D eigenvalue weighted by Crippen LogP contribution is -2.10. The summed E-state index contributed by atoms with van der Waals surface area (Å²) in [7, 11) is -7.76. The zero-order chi connectivity index (χ0) is 21.2. The summed E-state index contributed by atoms with van der Waals surface area (Å²) in [6.07, 6.45) is 0. The largest absolute Gasteiger partial charge is 0.384 e. The van der Waals surface area contributed by atoms with Crippen molar-refractivity contribution in [2.24, 2.45) is 0 Å². The third kappa shape index (κ3) is 4.21. The third-order valence-corrected chi connectivity index (χ3v) is 8.16. The minimum atomic E-state index is -3.91. The Hall–Kier alpha value is -2.64. The fourth-order valence-corrected chi connectivity index (χ4v) is 5.75. The molecule has 0 fully saturated rings. The van der Waals surface area contributed by atoms with Crippen molar-refractivity contribution in [3.8, 4) is 0 Å². The summed E-state index contributed by atoms with van der Waals surface area (Å²) in [5, 5.41) is 3.02.